The van der Waals surface area contributed by atoms with Crippen molar-refractivity contribution in [1.29, 1.82) is 0 Å². The highest BCUT2D eigenvalue weighted by Gasteiger charge is 2.28. The molecule has 0 unspecified atom stereocenters. The van der Waals surface area contributed by atoms with Gasteiger partial charge < -0.3 is 10.2 Å². The van der Waals surface area contributed by atoms with Crippen molar-refractivity contribution in [2.45, 2.75) is 162 Å². The monoisotopic (exact) mass is 722 g/mol. The Morgan fingerprint density at radius 3 is 1.21 bits per heavy atom. The lowest BCUT2D eigenvalue weighted by Crippen LogP contribution is -2.51. The smallest absolute Gasteiger partial charge is 0.273 e. The normalized spacial score (nSPS) is 11.0. The van der Waals surface area contributed by atoms with Crippen LogP contribution in [0.1, 0.15) is 181 Å². The quantitative estimate of drug-likeness (QED) is 0.0324. The molecule has 0 aliphatic rings. The van der Waals surface area contributed by atoms with Gasteiger partial charge in [0.1, 0.15) is 17.4 Å². The van der Waals surface area contributed by atoms with Crippen molar-refractivity contribution in [3.05, 3.63) is 58.7 Å². The van der Waals surface area contributed by atoms with Crippen LogP contribution >= 0.6 is 0 Å². The van der Waals surface area contributed by atoms with Crippen molar-refractivity contribution in [3.63, 3.8) is 0 Å². The number of aromatic hydroxyl groups is 2. The Balaban J connectivity index is 2.01. The number of rotatable bonds is 26. The van der Waals surface area contributed by atoms with E-state index in [2.05, 4.69) is 42.5 Å². The third-order valence-electron chi connectivity index (χ3n) is 9.66. The fraction of sp³-hybridized carbons (Fsp3) is 0.619. The van der Waals surface area contributed by atoms with Gasteiger partial charge in [-0.15, -0.1) is 0 Å². The predicted octanol–water partition coefficient (Wildman–Crippen LogP) is 8.88. The van der Waals surface area contributed by atoms with Crippen LogP contribution in [-0.2, 0) is 22.4 Å². The summed E-state index contributed by atoms with van der Waals surface area (Å²) in [5, 5.41) is 21.6. The minimum Gasteiger partial charge on any atom is -0.507 e. The van der Waals surface area contributed by atoms with E-state index in [0.29, 0.717) is 30.4 Å². The minimum absolute atomic E-state index is 0.0302. The predicted molar refractivity (Wildman–Crippen MR) is 208 cm³/mol. The molecular formula is C42H66N4O6. The average Bonchev–Trinajstić information content (AvgIpc) is 3.14. The molecule has 2 aromatic carbocycles. The third-order valence-corrected chi connectivity index (χ3v) is 9.66. The van der Waals surface area contributed by atoms with Gasteiger partial charge in [-0.25, -0.2) is 0 Å². The van der Waals surface area contributed by atoms with Gasteiger partial charge in [0.15, 0.2) is 0 Å². The molecule has 0 radical (unpaired) electrons. The molecule has 290 valence electrons. The number of hydrogen-bond donors (Lipinski definition) is 6. The first-order valence-electron chi connectivity index (χ1n) is 20.1. The standard InChI is InChI=1S/C42H66N4O6/c1-4-7-10-13-16-19-22-29-36(41(51)45-43-39(49)34-30-23-27-32(37(34)47)25-20-17-14-11-8-5-2)42(52)46-44-40(50)35-31-24-28-33(38(35)48)26-21-18-15-12-9-6-3/h23-24,27-28,30-31,36,47-48H,4-22,25-26,29H2,1-3H3,(H,43,49)(H,44,50)(H,45,51)(H,46,52). The highest BCUT2D eigenvalue weighted by atomic mass is 16.3. The number of phenols is 2. The molecule has 0 aliphatic carbocycles. The number of hydrogen-bond acceptors (Lipinski definition) is 6. The molecule has 0 saturated carbocycles. The van der Waals surface area contributed by atoms with Gasteiger partial charge in [0, 0.05) is 0 Å². The lowest BCUT2D eigenvalue weighted by molar-refractivity contribution is -0.136. The highest BCUT2D eigenvalue weighted by molar-refractivity contribution is 6.04. The van der Waals surface area contributed by atoms with E-state index in [0.717, 1.165) is 70.6 Å². The van der Waals surface area contributed by atoms with E-state index in [9.17, 15) is 29.4 Å². The van der Waals surface area contributed by atoms with Gasteiger partial charge in [-0.3, -0.25) is 40.9 Å². The minimum atomic E-state index is -1.21. The molecule has 0 spiro atoms. The summed E-state index contributed by atoms with van der Waals surface area (Å²) in [7, 11) is 0. The largest absolute Gasteiger partial charge is 0.507 e. The van der Waals surface area contributed by atoms with Crippen LogP contribution < -0.4 is 21.7 Å². The summed E-state index contributed by atoms with van der Waals surface area (Å²) in [6.45, 7) is 6.50. The number of benzene rings is 2. The summed E-state index contributed by atoms with van der Waals surface area (Å²) >= 11 is 0. The van der Waals surface area contributed by atoms with E-state index in [-0.39, 0.29) is 29.0 Å². The van der Waals surface area contributed by atoms with Gasteiger partial charge in [0.25, 0.3) is 23.6 Å². The van der Waals surface area contributed by atoms with E-state index < -0.39 is 29.5 Å². The summed E-state index contributed by atoms with van der Waals surface area (Å²) in [5.41, 5.74) is 10.8. The molecule has 0 atom stereocenters. The van der Waals surface area contributed by atoms with Gasteiger partial charge in [-0.1, -0.05) is 154 Å². The van der Waals surface area contributed by atoms with Crippen LogP contribution in [0, 0.1) is 5.92 Å². The van der Waals surface area contributed by atoms with E-state index in [4.69, 9.17) is 0 Å². The number of hydrazine groups is 2. The Morgan fingerprint density at radius 2 is 0.827 bits per heavy atom. The first kappa shape index (κ1) is 44.1. The Kier molecular flexibility index (Phi) is 22.6. The molecule has 0 saturated heterocycles. The molecule has 10 nitrogen and oxygen atoms in total. The molecule has 52 heavy (non-hydrogen) atoms. The van der Waals surface area contributed by atoms with Gasteiger partial charge in [-0.05, 0) is 55.4 Å². The van der Waals surface area contributed by atoms with Gasteiger partial charge >= 0.3 is 0 Å². The van der Waals surface area contributed by atoms with E-state index in [1.54, 1.807) is 24.3 Å². The van der Waals surface area contributed by atoms with Crippen LogP contribution in [0.5, 0.6) is 11.5 Å². The number of phenolic OH excluding ortho intramolecular Hbond substituents is 2. The molecule has 0 aromatic heterocycles. The zero-order valence-corrected chi connectivity index (χ0v) is 32.1. The second-order valence-corrected chi connectivity index (χ2v) is 14.0. The lowest BCUT2D eigenvalue weighted by Gasteiger charge is -2.18. The molecular weight excluding hydrogens is 656 g/mol. The van der Waals surface area contributed by atoms with Crippen LogP contribution in [0.2, 0.25) is 0 Å². The molecule has 2 aromatic rings. The summed E-state index contributed by atoms with van der Waals surface area (Å²) < 4.78 is 0. The van der Waals surface area contributed by atoms with Crippen LogP contribution in [0.4, 0.5) is 0 Å². The number of aryl methyl sites for hydroxylation is 2. The number of carbonyl (C=O) groups excluding carboxylic acids is 4. The zero-order chi connectivity index (χ0) is 38.0. The van der Waals surface area contributed by atoms with E-state index in [1.165, 1.54) is 57.1 Å². The van der Waals surface area contributed by atoms with Gasteiger partial charge in [0.2, 0.25) is 0 Å². The summed E-state index contributed by atoms with van der Waals surface area (Å²) in [6, 6.07) is 9.95. The third kappa shape index (κ3) is 16.5. The maximum atomic E-state index is 13.3. The van der Waals surface area contributed by atoms with Crippen molar-refractivity contribution in [1.82, 2.24) is 21.7 Å². The summed E-state index contributed by atoms with van der Waals surface area (Å²) in [6.07, 6.45) is 21.7. The van der Waals surface area contributed by atoms with Gasteiger partial charge in [-0.2, -0.15) is 0 Å². The molecule has 4 amide bonds. The number of nitrogens with one attached hydrogen (secondary N) is 4. The zero-order valence-electron chi connectivity index (χ0n) is 32.1. The first-order chi connectivity index (χ1) is 25.2. The first-order valence-corrected chi connectivity index (χ1v) is 20.1. The van der Waals surface area contributed by atoms with Crippen LogP contribution in [-0.4, -0.2) is 33.8 Å². The van der Waals surface area contributed by atoms with Crippen molar-refractivity contribution in [3.8, 4) is 11.5 Å². The second kappa shape index (κ2) is 26.7. The number of amides is 4. The van der Waals surface area contributed by atoms with E-state index >= 15 is 0 Å². The van der Waals surface area contributed by atoms with Crippen molar-refractivity contribution in [2.75, 3.05) is 0 Å². The summed E-state index contributed by atoms with van der Waals surface area (Å²) in [5.74, 6) is -4.33. The van der Waals surface area contributed by atoms with Crippen LogP contribution in [0.15, 0.2) is 36.4 Å². The fourth-order valence-electron chi connectivity index (χ4n) is 6.38. The molecule has 2 rings (SSSR count). The lowest BCUT2D eigenvalue weighted by atomic mass is 9.98. The molecule has 6 N–H and O–H groups in total. The Morgan fingerprint density at radius 1 is 0.481 bits per heavy atom. The van der Waals surface area contributed by atoms with Crippen LogP contribution in [0.25, 0.3) is 0 Å². The Labute approximate surface area is 312 Å². The number of unbranched alkanes of at least 4 members (excludes halogenated alkanes) is 16. The molecule has 10 heteroatoms. The molecule has 0 fully saturated rings. The molecule has 0 heterocycles. The maximum Gasteiger partial charge on any atom is 0.273 e. The van der Waals surface area contributed by atoms with Crippen molar-refractivity contribution < 1.29 is 29.4 Å². The second-order valence-electron chi connectivity index (χ2n) is 14.0. The number of para-hydroxylation sites is 2. The van der Waals surface area contributed by atoms with Crippen LogP contribution in [0.3, 0.4) is 0 Å². The van der Waals surface area contributed by atoms with Gasteiger partial charge in [0.05, 0.1) is 11.1 Å². The number of carbonyl (C=O) groups is 4. The Hall–Kier alpha value is -4.08. The fourth-order valence-corrected chi connectivity index (χ4v) is 6.38. The maximum absolute atomic E-state index is 13.3. The molecule has 0 bridgehead atoms. The molecule has 0 aliphatic heterocycles. The SMILES string of the molecule is CCCCCCCCCC(C(=O)NNC(=O)c1cccc(CCCCCCCC)c1O)C(=O)NNC(=O)c1cccc(CCCCCCCC)c1O. The topological polar surface area (TPSA) is 157 Å². The summed E-state index contributed by atoms with van der Waals surface area (Å²) in [4.78, 5) is 52.7. The van der Waals surface area contributed by atoms with Crippen molar-refractivity contribution >= 4 is 23.6 Å². The highest BCUT2D eigenvalue weighted by Crippen LogP contribution is 2.26. The average molecular weight is 723 g/mol. The Bertz CT molecular complexity index is 1270. The van der Waals surface area contributed by atoms with E-state index in [1.807, 2.05) is 0 Å². The van der Waals surface area contributed by atoms with Crippen molar-refractivity contribution in [2.24, 2.45) is 5.92 Å².